The van der Waals surface area contributed by atoms with Crippen LogP contribution >= 0.6 is 0 Å². The molecule has 0 atom stereocenters. The molecular formula is C18H21NO4. The number of ether oxygens (including phenoxy) is 1. The molecule has 2 heterocycles. The van der Waals surface area contributed by atoms with Crippen molar-refractivity contribution in [1.82, 2.24) is 4.57 Å². The minimum absolute atomic E-state index is 0.204. The Bertz CT molecular complexity index is 721. The van der Waals surface area contributed by atoms with E-state index < -0.39 is 5.97 Å². The fourth-order valence-corrected chi connectivity index (χ4v) is 2.65. The lowest BCUT2D eigenvalue weighted by molar-refractivity contribution is -0.136. The van der Waals surface area contributed by atoms with Gasteiger partial charge in [-0.05, 0) is 52.0 Å². The van der Waals surface area contributed by atoms with Gasteiger partial charge < -0.3 is 13.7 Å². The van der Waals surface area contributed by atoms with E-state index in [0.717, 1.165) is 11.4 Å². The Morgan fingerprint density at radius 2 is 2.09 bits per heavy atom. The van der Waals surface area contributed by atoms with Crippen molar-refractivity contribution in [2.75, 3.05) is 6.61 Å². The molecule has 0 N–H and O–H groups in total. The van der Waals surface area contributed by atoms with Crippen molar-refractivity contribution in [2.45, 2.75) is 33.7 Å². The van der Waals surface area contributed by atoms with E-state index in [-0.39, 0.29) is 18.4 Å². The number of aryl methyl sites for hydroxylation is 1. The average molecular weight is 315 g/mol. The molecule has 0 radical (unpaired) electrons. The van der Waals surface area contributed by atoms with Crippen LogP contribution in [0.2, 0.25) is 0 Å². The summed E-state index contributed by atoms with van der Waals surface area (Å²) in [5.41, 5.74) is 2.51. The van der Waals surface area contributed by atoms with Gasteiger partial charge in [0.15, 0.2) is 6.61 Å². The molecule has 0 saturated heterocycles. The highest BCUT2D eigenvalue weighted by atomic mass is 16.5. The number of rotatable bonds is 6. The summed E-state index contributed by atoms with van der Waals surface area (Å²) in [6, 6.07) is 5.55. The second kappa shape index (κ2) is 7.13. The molecule has 0 fully saturated rings. The van der Waals surface area contributed by atoms with Gasteiger partial charge in [-0.2, -0.15) is 0 Å². The summed E-state index contributed by atoms with van der Waals surface area (Å²) >= 11 is 0. The van der Waals surface area contributed by atoms with E-state index >= 15 is 0 Å². The second-order valence-corrected chi connectivity index (χ2v) is 5.63. The maximum Gasteiger partial charge on any atom is 0.331 e. The fourth-order valence-electron chi connectivity index (χ4n) is 2.65. The predicted octanol–water partition coefficient (Wildman–Crippen LogP) is 3.72. The molecule has 2 aromatic rings. The van der Waals surface area contributed by atoms with Crippen molar-refractivity contribution in [2.24, 2.45) is 0 Å². The molecule has 2 rings (SSSR count). The molecule has 23 heavy (non-hydrogen) atoms. The number of nitrogens with zero attached hydrogens (tertiary/aromatic N) is 1. The number of hydrogen-bond acceptors (Lipinski definition) is 4. The minimum Gasteiger partial charge on any atom is -0.465 e. The van der Waals surface area contributed by atoms with Crippen LogP contribution in [0.1, 0.15) is 47.4 Å². The van der Waals surface area contributed by atoms with Gasteiger partial charge >= 0.3 is 5.97 Å². The van der Waals surface area contributed by atoms with E-state index in [2.05, 4.69) is 18.4 Å². The summed E-state index contributed by atoms with van der Waals surface area (Å²) in [4.78, 5) is 23.9. The van der Waals surface area contributed by atoms with Crippen LogP contribution in [-0.2, 0) is 9.53 Å². The maximum atomic E-state index is 12.3. The summed E-state index contributed by atoms with van der Waals surface area (Å²) < 4.78 is 12.2. The van der Waals surface area contributed by atoms with E-state index in [4.69, 9.17) is 9.15 Å². The Balaban J connectivity index is 1.97. The third kappa shape index (κ3) is 4.00. The van der Waals surface area contributed by atoms with Crippen molar-refractivity contribution in [3.8, 4) is 0 Å². The first-order valence-corrected chi connectivity index (χ1v) is 7.50. The predicted molar refractivity (Wildman–Crippen MR) is 87.3 cm³/mol. The molecule has 5 nitrogen and oxygen atoms in total. The van der Waals surface area contributed by atoms with Gasteiger partial charge in [0.1, 0.15) is 5.76 Å². The molecule has 0 bridgehead atoms. The smallest absolute Gasteiger partial charge is 0.331 e. The summed E-state index contributed by atoms with van der Waals surface area (Å²) in [5.74, 6) is -0.231. The highest BCUT2D eigenvalue weighted by Gasteiger charge is 2.18. The van der Waals surface area contributed by atoms with Crippen molar-refractivity contribution in [3.63, 3.8) is 0 Å². The zero-order valence-corrected chi connectivity index (χ0v) is 13.8. The van der Waals surface area contributed by atoms with Crippen LogP contribution in [0.25, 0.3) is 6.08 Å². The summed E-state index contributed by atoms with van der Waals surface area (Å²) in [6.07, 6.45) is 4.25. The van der Waals surface area contributed by atoms with Crippen LogP contribution in [0.5, 0.6) is 0 Å². The van der Waals surface area contributed by atoms with Gasteiger partial charge in [0.25, 0.3) is 0 Å². The highest BCUT2D eigenvalue weighted by molar-refractivity contribution is 6.00. The van der Waals surface area contributed by atoms with Crippen LogP contribution in [0.4, 0.5) is 0 Å². The van der Waals surface area contributed by atoms with Gasteiger partial charge in [-0.3, -0.25) is 4.79 Å². The summed E-state index contributed by atoms with van der Waals surface area (Å²) in [5, 5.41) is 0. The highest BCUT2D eigenvalue weighted by Crippen LogP contribution is 2.20. The molecule has 0 spiro atoms. The number of Topliss-reactive ketones (excluding diaryl/α,β-unsaturated/α-hetero) is 1. The molecule has 122 valence electrons. The van der Waals surface area contributed by atoms with Gasteiger partial charge in [-0.25, -0.2) is 4.79 Å². The minimum atomic E-state index is -0.576. The summed E-state index contributed by atoms with van der Waals surface area (Å²) in [6.45, 7) is 7.71. The van der Waals surface area contributed by atoms with Crippen LogP contribution in [0.3, 0.4) is 0 Å². The lowest BCUT2D eigenvalue weighted by Gasteiger charge is -2.13. The van der Waals surface area contributed by atoms with Crippen molar-refractivity contribution in [1.29, 1.82) is 0 Å². The van der Waals surface area contributed by atoms with Crippen molar-refractivity contribution in [3.05, 3.63) is 53.2 Å². The summed E-state index contributed by atoms with van der Waals surface area (Å²) in [7, 11) is 0. The Morgan fingerprint density at radius 3 is 2.65 bits per heavy atom. The molecular weight excluding hydrogens is 294 g/mol. The maximum absolute atomic E-state index is 12.3. The first kappa shape index (κ1) is 16.8. The van der Waals surface area contributed by atoms with E-state index in [1.165, 1.54) is 18.4 Å². The quantitative estimate of drug-likeness (QED) is 0.463. The number of hydrogen-bond donors (Lipinski definition) is 0. The molecule has 0 saturated carbocycles. The van der Waals surface area contributed by atoms with E-state index in [0.29, 0.717) is 11.3 Å². The molecule has 0 aliphatic heterocycles. The van der Waals surface area contributed by atoms with Gasteiger partial charge in [0.05, 0.1) is 6.26 Å². The number of aromatic nitrogens is 1. The Morgan fingerprint density at radius 1 is 1.35 bits per heavy atom. The van der Waals surface area contributed by atoms with Crippen LogP contribution in [-0.4, -0.2) is 22.9 Å². The number of furan rings is 1. The monoisotopic (exact) mass is 315 g/mol. The van der Waals surface area contributed by atoms with Gasteiger partial charge in [-0.15, -0.1) is 0 Å². The average Bonchev–Trinajstić information content (AvgIpc) is 3.10. The molecule has 2 aromatic heterocycles. The van der Waals surface area contributed by atoms with Crippen LogP contribution in [0, 0.1) is 13.8 Å². The molecule has 0 aliphatic carbocycles. The van der Waals surface area contributed by atoms with Crippen molar-refractivity contribution < 1.29 is 18.7 Å². The fraction of sp³-hybridized carbons (Fsp3) is 0.333. The number of carbonyl (C=O) groups is 2. The first-order valence-electron chi connectivity index (χ1n) is 7.50. The number of esters is 1. The Hall–Kier alpha value is -2.56. The molecule has 0 amide bonds. The largest absolute Gasteiger partial charge is 0.465 e. The van der Waals surface area contributed by atoms with Crippen LogP contribution < -0.4 is 0 Å². The SMILES string of the molecule is Cc1cc(C(=O)COC(=O)/C=C/c2ccco2)c(C)n1C(C)C. The Labute approximate surface area is 135 Å². The normalized spacial score (nSPS) is 11.3. The zero-order valence-electron chi connectivity index (χ0n) is 13.8. The van der Waals surface area contributed by atoms with Gasteiger partial charge in [-0.1, -0.05) is 0 Å². The topological polar surface area (TPSA) is 61.4 Å². The van der Waals surface area contributed by atoms with Crippen molar-refractivity contribution >= 4 is 17.8 Å². The first-order chi connectivity index (χ1) is 10.9. The lowest BCUT2D eigenvalue weighted by Crippen LogP contribution is -2.14. The third-order valence-corrected chi connectivity index (χ3v) is 3.57. The van der Waals surface area contributed by atoms with E-state index in [1.54, 1.807) is 12.1 Å². The number of carbonyl (C=O) groups excluding carboxylic acids is 2. The van der Waals surface area contributed by atoms with Crippen LogP contribution in [0.15, 0.2) is 35.0 Å². The third-order valence-electron chi connectivity index (χ3n) is 3.57. The lowest BCUT2D eigenvalue weighted by atomic mass is 10.1. The van der Waals surface area contributed by atoms with Gasteiger partial charge in [0, 0.05) is 29.1 Å². The molecule has 0 aliphatic rings. The molecule has 0 aromatic carbocycles. The number of ketones is 1. The standard InChI is InChI=1S/C18H21NO4/c1-12(2)19-13(3)10-16(14(19)4)17(20)11-23-18(21)8-7-15-6-5-9-22-15/h5-10,12H,11H2,1-4H3/b8-7+. The van der Waals surface area contributed by atoms with E-state index in [9.17, 15) is 9.59 Å². The zero-order chi connectivity index (χ0) is 17.0. The Kier molecular flexibility index (Phi) is 5.21. The second-order valence-electron chi connectivity index (χ2n) is 5.63. The molecule has 0 unspecified atom stereocenters. The van der Waals surface area contributed by atoms with Gasteiger partial charge in [0.2, 0.25) is 5.78 Å². The van der Waals surface area contributed by atoms with E-state index in [1.807, 2.05) is 19.9 Å². The molecule has 5 heteroatoms.